The Morgan fingerprint density at radius 1 is 1.22 bits per heavy atom. The molecule has 2 fully saturated rings. The van der Waals surface area contributed by atoms with Crippen LogP contribution in [0.3, 0.4) is 0 Å². The minimum absolute atomic E-state index is 0.142. The zero-order chi connectivity index (χ0) is 13.2. The summed E-state index contributed by atoms with van der Waals surface area (Å²) in [5, 5.41) is 0. The number of likely N-dealkylation sites (tertiary alicyclic amines) is 1. The number of rotatable bonds is 1. The molecule has 0 N–H and O–H groups in total. The molecular formula is C14H25NO3. The first-order valence-electron chi connectivity index (χ1n) is 7.05. The second-order valence-electron chi connectivity index (χ2n) is 6.33. The Morgan fingerprint density at radius 2 is 1.89 bits per heavy atom. The first-order valence-corrected chi connectivity index (χ1v) is 7.05. The quantitative estimate of drug-likeness (QED) is 0.723. The molecule has 0 spiro atoms. The maximum absolute atomic E-state index is 12.2. The highest BCUT2D eigenvalue weighted by atomic mass is 16.6. The molecule has 0 saturated carbocycles. The summed E-state index contributed by atoms with van der Waals surface area (Å²) in [6.07, 6.45) is 4.22. The molecule has 0 aromatic carbocycles. The fourth-order valence-electron chi connectivity index (χ4n) is 2.93. The zero-order valence-corrected chi connectivity index (χ0v) is 11.8. The Kier molecular flexibility index (Phi) is 4.15. The predicted molar refractivity (Wildman–Crippen MR) is 69.5 cm³/mol. The van der Waals surface area contributed by atoms with Crippen molar-refractivity contribution in [3.63, 3.8) is 0 Å². The molecule has 2 heterocycles. The Balaban J connectivity index is 1.96. The molecule has 0 aliphatic carbocycles. The van der Waals surface area contributed by atoms with Crippen LogP contribution in [0.15, 0.2) is 0 Å². The zero-order valence-electron chi connectivity index (χ0n) is 11.8. The molecule has 0 aromatic heterocycles. The van der Waals surface area contributed by atoms with Crippen LogP contribution in [0.25, 0.3) is 0 Å². The lowest BCUT2D eigenvalue weighted by Crippen LogP contribution is -2.44. The van der Waals surface area contributed by atoms with Crippen LogP contribution in [0.1, 0.15) is 46.5 Å². The largest absolute Gasteiger partial charge is 0.444 e. The SMILES string of the molecule is CC(C)(C)OC(=O)N1CCC[C@H]1C1CCOCC1. The molecule has 104 valence electrons. The van der Waals surface area contributed by atoms with Crippen molar-refractivity contribution in [2.75, 3.05) is 19.8 Å². The fraction of sp³-hybridized carbons (Fsp3) is 0.929. The Labute approximate surface area is 110 Å². The van der Waals surface area contributed by atoms with E-state index >= 15 is 0 Å². The summed E-state index contributed by atoms with van der Waals surface area (Å²) in [5.41, 5.74) is -0.403. The van der Waals surface area contributed by atoms with Crippen LogP contribution in [-0.4, -0.2) is 42.4 Å². The van der Waals surface area contributed by atoms with E-state index in [0.29, 0.717) is 12.0 Å². The average molecular weight is 255 g/mol. The van der Waals surface area contributed by atoms with Gasteiger partial charge in [-0.2, -0.15) is 0 Å². The van der Waals surface area contributed by atoms with E-state index in [0.717, 1.165) is 45.4 Å². The van der Waals surface area contributed by atoms with Gasteiger partial charge in [-0.25, -0.2) is 4.79 Å². The Hall–Kier alpha value is -0.770. The second kappa shape index (κ2) is 5.47. The van der Waals surface area contributed by atoms with Crippen molar-refractivity contribution in [1.82, 2.24) is 4.90 Å². The van der Waals surface area contributed by atoms with Crippen LogP contribution < -0.4 is 0 Å². The number of carbonyl (C=O) groups is 1. The summed E-state index contributed by atoms with van der Waals surface area (Å²) < 4.78 is 10.9. The second-order valence-corrected chi connectivity index (χ2v) is 6.33. The molecule has 4 nitrogen and oxygen atoms in total. The van der Waals surface area contributed by atoms with Crippen LogP contribution in [0.2, 0.25) is 0 Å². The molecule has 0 aromatic rings. The summed E-state index contributed by atoms with van der Waals surface area (Å²) >= 11 is 0. The molecule has 4 heteroatoms. The van der Waals surface area contributed by atoms with Gasteiger partial charge in [-0.15, -0.1) is 0 Å². The van der Waals surface area contributed by atoms with Gasteiger partial charge in [-0.1, -0.05) is 0 Å². The van der Waals surface area contributed by atoms with Crippen molar-refractivity contribution < 1.29 is 14.3 Å². The normalized spacial score (nSPS) is 26.4. The van der Waals surface area contributed by atoms with E-state index in [-0.39, 0.29) is 6.09 Å². The number of ether oxygens (including phenoxy) is 2. The predicted octanol–water partition coefficient (Wildman–Crippen LogP) is 2.81. The third-order valence-corrected chi connectivity index (χ3v) is 3.74. The lowest BCUT2D eigenvalue weighted by atomic mass is 9.90. The van der Waals surface area contributed by atoms with Crippen molar-refractivity contribution >= 4 is 6.09 Å². The summed E-state index contributed by atoms with van der Waals surface area (Å²) in [5.74, 6) is 0.591. The van der Waals surface area contributed by atoms with E-state index in [1.54, 1.807) is 0 Å². The molecule has 0 bridgehead atoms. The molecule has 2 aliphatic rings. The van der Waals surface area contributed by atoms with Crippen molar-refractivity contribution in [2.45, 2.75) is 58.1 Å². The van der Waals surface area contributed by atoms with Gasteiger partial charge in [-0.3, -0.25) is 0 Å². The standard InChI is InChI=1S/C14H25NO3/c1-14(2,3)18-13(16)15-8-4-5-12(15)11-6-9-17-10-7-11/h11-12H,4-10H2,1-3H3/t12-/m0/s1. The maximum Gasteiger partial charge on any atom is 0.410 e. The number of hydrogen-bond donors (Lipinski definition) is 0. The van der Waals surface area contributed by atoms with Gasteiger partial charge in [0.2, 0.25) is 0 Å². The molecule has 0 unspecified atom stereocenters. The van der Waals surface area contributed by atoms with E-state index < -0.39 is 5.60 Å². The highest BCUT2D eigenvalue weighted by Gasteiger charge is 2.37. The van der Waals surface area contributed by atoms with Crippen molar-refractivity contribution in [1.29, 1.82) is 0 Å². The van der Waals surface area contributed by atoms with Gasteiger partial charge in [0.05, 0.1) is 0 Å². The number of carbonyl (C=O) groups excluding carboxylic acids is 1. The van der Waals surface area contributed by atoms with Crippen LogP contribution >= 0.6 is 0 Å². The molecule has 2 aliphatic heterocycles. The van der Waals surface area contributed by atoms with E-state index in [9.17, 15) is 4.79 Å². The third kappa shape index (κ3) is 3.37. The molecule has 2 saturated heterocycles. The van der Waals surface area contributed by atoms with Crippen molar-refractivity contribution in [2.24, 2.45) is 5.92 Å². The Bertz CT molecular complexity index is 292. The van der Waals surface area contributed by atoms with E-state index in [4.69, 9.17) is 9.47 Å². The fourth-order valence-corrected chi connectivity index (χ4v) is 2.93. The lowest BCUT2D eigenvalue weighted by Gasteiger charge is -2.34. The van der Waals surface area contributed by atoms with Gasteiger partial charge in [0.1, 0.15) is 5.60 Å². The monoisotopic (exact) mass is 255 g/mol. The van der Waals surface area contributed by atoms with Crippen LogP contribution in [0.5, 0.6) is 0 Å². The van der Waals surface area contributed by atoms with Gasteiger partial charge >= 0.3 is 6.09 Å². The van der Waals surface area contributed by atoms with Crippen molar-refractivity contribution in [3.05, 3.63) is 0 Å². The highest BCUT2D eigenvalue weighted by Crippen LogP contribution is 2.31. The molecular weight excluding hydrogens is 230 g/mol. The van der Waals surface area contributed by atoms with E-state index in [2.05, 4.69) is 0 Å². The van der Waals surface area contributed by atoms with Gasteiger partial charge in [0.25, 0.3) is 0 Å². The summed E-state index contributed by atoms with van der Waals surface area (Å²) in [4.78, 5) is 14.1. The van der Waals surface area contributed by atoms with Gasteiger partial charge in [-0.05, 0) is 52.4 Å². The Morgan fingerprint density at radius 3 is 2.50 bits per heavy atom. The maximum atomic E-state index is 12.2. The first-order chi connectivity index (χ1) is 8.47. The minimum atomic E-state index is -0.403. The van der Waals surface area contributed by atoms with Gasteiger partial charge in [0.15, 0.2) is 0 Å². The topological polar surface area (TPSA) is 38.8 Å². The van der Waals surface area contributed by atoms with Crippen LogP contribution in [0.4, 0.5) is 4.79 Å². The molecule has 2 rings (SSSR count). The van der Waals surface area contributed by atoms with E-state index in [1.807, 2.05) is 25.7 Å². The average Bonchev–Trinajstić information content (AvgIpc) is 2.76. The van der Waals surface area contributed by atoms with E-state index in [1.165, 1.54) is 0 Å². The van der Waals surface area contributed by atoms with Gasteiger partial charge in [0, 0.05) is 25.8 Å². The summed E-state index contributed by atoms with van der Waals surface area (Å²) in [7, 11) is 0. The van der Waals surface area contributed by atoms with Crippen LogP contribution in [-0.2, 0) is 9.47 Å². The third-order valence-electron chi connectivity index (χ3n) is 3.74. The lowest BCUT2D eigenvalue weighted by molar-refractivity contribution is 0.00287. The summed E-state index contributed by atoms with van der Waals surface area (Å²) in [6.45, 7) is 8.28. The number of amides is 1. The molecule has 1 amide bonds. The molecule has 0 radical (unpaired) electrons. The smallest absolute Gasteiger partial charge is 0.410 e. The summed E-state index contributed by atoms with van der Waals surface area (Å²) in [6, 6.07) is 0.365. The molecule has 1 atom stereocenters. The highest BCUT2D eigenvalue weighted by molar-refractivity contribution is 5.69. The van der Waals surface area contributed by atoms with Gasteiger partial charge < -0.3 is 14.4 Å². The van der Waals surface area contributed by atoms with Crippen LogP contribution in [0, 0.1) is 5.92 Å². The first kappa shape index (κ1) is 13.7. The number of nitrogens with zero attached hydrogens (tertiary/aromatic N) is 1. The molecule has 18 heavy (non-hydrogen) atoms. The van der Waals surface area contributed by atoms with Crippen molar-refractivity contribution in [3.8, 4) is 0 Å². The minimum Gasteiger partial charge on any atom is -0.444 e. The number of hydrogen-bond acceptors (Lipinski definition) is 3.